The molecule has 82 valence electrons. The average Bonchev–Trinajstić information content (AvgIpc) is 2.24. The minimum absolute atomic E-state index is 0.0633. The molecule has 0 aromatic carbocycles. The molecular weight excluding hydrogens is 207 g/mol. The maximum Gasteiger partial charge on any atom is 0.249 e. The molecular formula is C12H11FN2O. The first kappa shape index (κ1) is 12.0. The number of terminal acetylenes is 1. The molecule has 0 heterocycles. The molecule has 0 aromatic rings. The molecule has 0 fully saturated rings. The van der Waals surface area contributed by atoms with Crippen molar-refractivity contribution in [3.8, 4) is 18.4 Å². The van der Waals surface area contributed by atoms with E-state index >= 15 is 0 Å². The van der Waals surface area contributed by atoms with Crippen LogP contribution >= 0.6 is 0 Å². The standard InChI is InChI=1S/C12H11FN2O/c1-3-6-15-11(16)10-7-12(2,13)5-4-9(10)8-14/h1,4-5H,6-7H2,2H3,(H,15,16). The molecule has 0 aliphatic heterocycles. The van der Waals surface area contributed by atoms with Crippen molar-refractivity contribution >= 4 is 5.91 Å². The van der Waals surface area contributed by atoms with Crippen molar-refractivity contribution in [3.05, 3.63) is 23.3 Å². The third-order valence-corrected chi connectivity index (χ3v) is 2.19. The fraction of sp³-hybridized carbons (Fsp3) is 0.333. The Labute approximate surface area is 93.6 Å². The SMILES string of the molecule is C#CCNC(=O)C1=C(C#N)C=CC(C)(F)C1. The zero-order valence-electron chi connectivity index (χ0n) is 8.88. The number of amides is 1. The van der Waals surface area contributed by atoms with Crippen molar-refractivity contribution in [2.24, 2.45) is 0 Å². The molecule has 1 aliphatic carbocycles. The summed E-state index contributed by atoms with van der Waals surface area (Å²) in [5, 5.41) is 11.2. The third-order valence-electron chi connectivity index (χ3n) is 2.19. The second-order valence-electron chi connectivity index (χ2n) is 3.68. The normalized spacial score (nSPS) is 23.5. The Morgan fingerprint density at radius 1 is 1.81 bits per heavy atom. The van der Waals surface area contributed by atoms with Crippen LogP contribution in [0.25, 0.3) is 0 Å². The lowest BCUT2D eigenvalue weighted by molar-refractivity contribution is -0.117. The molecule has 0 saturated heterocycles. The summed E-state index contributed by atoms with van der Waals surface area (Å²) in [6.07, 6.45) is 7.49. The van der Waals surface area contributed by atoms with E-state index in [4.69, 9.17) is 11.7 Å². The van der Waals surface area contributed by atoms with E-state index in [0.29, 0.717) is 0 Å². The number of allylic oxidation sites excluding steroid dienone is 3. The van der Waals surface area contributed by atoms with E-state index in [0.717, 1.165) is 0 Å². The van der Waals surface area contributed by atoms with Crippen LogP contribution in [0, 0.1) is 23.7 Å². The van der Waals surface area contributed by atoms with Crippen LogP contribution < -0.4 is 5.32 Å². The van der Waals surface area contributed by atoms with Gasteiger partial charge in [0.2, 0.25) is 5.91 Å². The molecule has 4 heteroatoms. The summed E-state index contributed by atoms with van der Waals surface area (Å²) in [6, 6.07) is 1.86. The van der Waals surface area contributed by atoms with Gasteiger partial charge in [-0.3, -0.25) is 4.79 Å². The summed E-state index contributed by atoms with van der Waals surface area (Å²) in [6.45, 7) is 1.42. The molecule has 1 atom stereocenters. The second-order valence-corrected chi connectivity index (χ2v) is 3.68. The molecule has 1 N–H and O–H groups in total. The predicted octanol–water partition coefficient (Wildman–Crippen LogP) is 1.24. The zero-order valence-corrected chi connectivity index (χ0v) is 8.88. The first-order valence-electron chi connectivity index (χ1n) is 4.73. The Morgan fingerprint density at radius 2 is 2.50 bits per heavy atom. The Bertz CT molecular complexity index is 447. The van der Waals surface area contributed by atoms with Crippen LogP contribution in [0.15, 0.2) is 23.3 Å². The van der Waals surface area contributed by atoms with Gasteiger partial charge in [0, 0.05) is 12.0 Å². The largest absolute Gasteiger partial charge is 0.341 e. The number of halogens is 1. The first-order chi connectivity index (χ1) is 7.50. The number of nitrogens with zero attached hydrogens (tertiary/aromatic N) is 1. The number of nitrogens with one attached hydrogen (secondary N) is 1. The van der Waals surface area contributed by atoms with Gasteiger partial charge in [-0.2, -0.15) is 5.26 Å². The lowest BCUT2D eigenvalue weighted by Crippen LogP contribution is -2.31. The van der Waals surface area contributed by atoms with E-state index in [-0.39, 0.29) is 24.1 Å². The zero-order chi connectivity index (χ0) is 12.2. The lowest BCUT2D eigenvalue weighted by Gasteiger charge is -2.21. The molecule has 0 saturated carbocycles. The lowest BCUT2D eigenvalue weighted by atomic mass is 9.88. The summed E-state index contributed by atoms with van der Waals surface area (Å²) in [4.78, 5) is 11.6. The van der Waals surface area contributed by atoms with E-state index in [1.807, 2.05) is 6.07 Å². The highest BCUT2D eigenvalue weighted by Gasteiger charge is 2.29. The molecule has 3 nitrogen and oxygen atoms in total. The Morgan fingerprint density at radius 3 is 3.06 bits per heavy atom. The smallest absolute Gasteiger partial charge is 0.249 e. The van der Waals surface area contributed by atoms with Gasteiger partial charge >= 0.3 is 0 Å². The van der Waals surface area contributed by atoms with Crippen LogP contribution in [0.5, 0.6) is 0 Å². The van der Waals surface area contributed by atoms with Gasteiger partial charge < -0.3 is 5.32 Å². The van der Waals surface area contributed by atoms with Crippen LogP contribution in [0.2, 0.25) is 0 Å². The van der Waals surface area contributed by atoms with Crippen LogP contribution in [0.3, 0.4) is 0 Å². The van der Waals surface area contributed by atoms with Crippen LogP contribution in [-0.2, 0) is 4.79 Å². The van der Waals surface area contributed by atoms with Crippen LogP contribution in [0.4, 0.5) is 4.39 Å². The van der Waals surface area contributed by atoms with E-state index in [9.17, 15) is 9.18 Å². The topological polar surface area (TPSA) is 52.9 Å². The number of alkyl halides is 1. The van der Waals surface area contributed by atoms with Crippen molar-refractivity contribution in [1.29, 1.82) is 5.26 Å². The van der Waals surface area contributed by atoms with Crippen molar-refractivity contribution in [1.82, 2.24) is 5.32 Å². The predicted molar refractivity (Wildman–Crippen MR) is 57.8 cm³/mol. The molecule has 16 heavy (non-hydrogen) atoms. The van der Waals surface area contributed by atoms with Gasteiger partial charge in [-0.15, -0.1) is 6.42 Å². The van der Waals surface area contributed by atoms with Crippen LogP contribution in [-0.4, -0.2) is 18.1 Å². The van der Waals surface area contributed by atoms with Gasteiger partial charge in [-0.05, 0) is 19.1 Å². The number of rotatable bonds is 2. The second kappa shape index (κ2) is 4.63. The highest BCUT2D eigenvalue weighted by molar-refractivity contribution is 5.96. The summed E-state index contributed by atoms with van der Waals surface area (Å²) >= 11 is 0. The maximum absolute atomic E-state index is 13.7. The van der Waals surface area contributed by atoms with Gasteiger partial charge in [0.05, 0.1) is 18.2 Å². The third kappa shape index (κ3) is 2.71. The van der Waals surface area contributed by atoms with Crippen molar-refractivity contribution in [2.45, 2.75) is 19.0 Å². The number of carbonyl (C=O) groups is 1. The highest BCUT2D eigenvalue weighted by atomic mass is 19.1. The van der Waals surface area contributed by atoms with E-state index in [1.165, 1.54) is 19.1 Å². The summed E-state index contributed by atoms with van der Waals surface area (Å²) in [7, 11) is 0. The van der Waals surface area contributed by atoms with E-state index < -0.39 is 11.6 Å². The van der Waals surface area contributed by atoms with Gasteiger partial charge in [0.1, 0.15) is 5.67 Å². The Kier molecular flexibility index (Phi) is 3.48. The molecule has 0 radical (unpaired) electrons. The molecule has 0 aromatic heterocycles. The fourth-order valence-corrected chi connectivity index (χ4v) is 1.40. The number of carbonyl (C=O) groups excluding carboxylic acids is 1. The summed E-state index contributed by atoms with van der Waals surface area (Å²) < 4.78 is 13.7. The minimum atomic E-state index is -1.59. The average molecular weight is 218 g/mol. The highest BCUT2D eigenvalue weighted by Crippen LogP contribution is 2.29. The van der Waals surface area contributed by atoms with Gasteiger partial charge in [-0.25, -0.2) is 4.39 Å². The van der Waals surface area contributed by atoms with Gasteiger partial charge in [-0.1, -0.05) is 5.92 Å². The van der Waals surface area contributed by atoms with Crippen LogP contribution in [0.1, 0.15) is 13.3 Å². The Balaban J connectivity index is 2.95. The number of hydrogen-bond acceptors (Lipinski definition) is 2. The number of hydrogen-bond donors (Lipinski definition) is 1. The van der Waals surface area contributed by atoms with Crippen molar-refractivity contribution in [3.63, 3.8) is 0 Å². The summed E-state index contributed by atoms with van der Waals surface area (Å²) in [5.74, 6) is 1.76. The van der Waals surface area contributed by atoms with Gasteiger partial charge in [0.15, 0.2) is 0 Å². The molecule has 1 aliphatic rings. The molecule has 1 rings (SSSR count). The Hall–Kier alpha value is -2.07. The van der Waals surface area contributed by atoms with Gasteiger partial charge in [0.25, 0.3) is 0 Å². The molecule has 1 amide bonds. The first-order valence-corrected chi connectivity index (χ1v) is 4.73. The quantitative estimate of drug-likeness (QED) is 0.709. The van der Waals surface area contributed by atoms with Crippen molar-refractivity contribution in [2.75, 3.05) is 6.54 Å². The molecule has 1 unspecified atom stereocenters. The molecule has 0 bridgehead atoms. The summed E-state index contributed by atoms with van der Waals surface area (Å²) in [5.41, 5.74) is -1.27. The van der Waals surface area contributed by atoms with E-state index in [1.54, 1.807) is 0 Å². The number of nitriles is 1. The minimum Gasteiger partial charge on any atom is -0.341 e. The fourth-order valence-electron chi connectivity index (χ4n) is 1.40. The maximum atomic E-state index is 13.7. The molecule has 0 spiro atoms. The van der Waals surface area contributed by atoms with Crippen molar-refractivity contribution < 1.29 is 9.18 Å². The van der Waals surface area contributed by atoms with E-state index in [2.05, 4.69) is 11.2 Å². The monoisotopic (exact) mass is 218 g/mol.